The number of aromatic nitrogens is 1. The van der Waals surface area contributed by atoms with Crippen LogP contribution in [0.2, 0.25) is 0 Å². The number of amides is 1. The highest BCUT2D eigenvalue weighted by molar-refractivity contribution is 7.91. The molecule has 160 valence electrons. The number of nitrogens with zero attached hydrogens (tertiary/aromatic N) is 2. The molecule has 3 aromatic rings. The fraction of sp³-hybridized carbons (Fsp3) is 0.250. The Morgan fingerprint density at radius 3 is 2.29 bits per heavy atom. The van der Waals surface area contributed by atoms with Crippen LogP contribution in [0, 0.1) is 0 Å². The number of oxazole rings is 1. The Morgan fingerprint density at radius 1 is 0.968 bits per heavy atom. The van der Waals surface area contributed by atoms with E-state index in [9.17, 15) is 13.2 Å². The van der Waals surface area contributed by atoms with Gasteiger partial charge in [0.05, 0.1) is 11.5 Å². The summed E-state index contributed by atoms with van der Waals surface area (Å²) in [5.74, 6) is 1.13. The largest absolute Gasteiger partial charge is 0.441 e. The molecule has 1 amide bonds. The second-order valence-corrected chi connectivity index (χ2v) is 9.77. The van der Waals surface area contributed by atoms with Crippen molar-refractivity contribution in [2.45, 2.75) is 12.8 Å². The number of benzene rings is 2. The van der Waals surface area contributed by atoms with E-state index in [2.05, 4.69) is 4.98 Å². The minimum absolute atomic E-state index is 0.0325. The van der Waals surface area contributed by atoms with Crippen LogP contribution in [-0.2, 0) is 21.1 Å². The van der Waals surface area contributed by atoms with Crippen molar-refractivity contribution in [3.8, 4) is 11.3 Å². The van der Waals surface area contributed by atoms with Crippen LogP contribution in [0.4, 0.5) is 0 Å². The van der Waals surface area contributed by atoms with Crippen molar-refractivity contribution in [3.05, 3.63) is 77.9 Å². The second-order valence-electron chi connectivity index (χ2n) is 7.47. The van der Waals surface area contributed by atoms with Gasteiger partial charge < -0.3 is 9.32 Å². The number of hydrogen-bond acceptors (Lipinski definition) is 5. The third kappa shape index (κ3) is 5.49. The average molecular weight is 437 g/mol. The molecule has 0 N–H and O–H groups in total. The van der Waals surface area contributed by atoms with E-state index in [1.54, 1.807) is 4.90 Å². The normalized spacial score (nSPS) is 15.9. The van der Waals surface area contributed by atoms with E-state index in [4.69, 9.17) is 4.42 Å². The predicted molar refractivity (Wildman–Crippen MR) is 121 cm³/mol. The number of rotatable bonds is 6. The molecule has 0 radical (unpaired) electrons. The zero-order valence-corrected chi connectivity index (χ0v) is 17.9. The molecular formula is C24H24N2O4S. The molecule has 0 bridgehead atoms. The minimum Gasteiger partial charge on any atom is -0.441 e. The molecule has 0 aliphatic carbocycles. The number of aryl methyl sites for hydroxylation is 1. The first-order valence-electron chi connectivity index (χ1n) is 10.3. The summed E-state index contributed by atoms with van der Waals surface area (Å²) in [5, 5.41) is 0. The molecule has 1 fully saturated rings. The van der Waals surface area contributed by atoms with Crippen LogP contribution in [0.25, 0.3) is 23.4 Å². The summed E-state index contributed by atoms with van der Waals surface area (Å²) in [6, 6.07) is 19.6. The highest BCUT2D eigenvalue weighted by atomic mass is 32.2. The summed E-state index contributed by atoms with van der Waals surface area (Å²) in [6.45, 7) is 0.516. The summed E-state index contributed by atoms with van der Waals surface area (Å²) < 4.78 is 29.2. The van der Waals surface area contributed by atoms with Gasteiger partial charge in [0.15, 0.2) is 9.84 Å². The fourth-order valence-corrected chi connectivity index (χ4v) is 4.71. The van der Waals surface area contributed by atoms with Crippen LogP contribution < -0.4 is 0 Å². The van der Waals surface area contributed by atoms with E-state index in [0.717, 1.165) is 16.8 Å². The Hall–Kier alpha value is -3.19. The number of carbonyl (C=O) groups excluding carboxylic acids is 1. The van der Waals surface area contributed by atoms with Crippen LogP contribution in [0.3, 0.4) is 0 Å². The van der Waals surface area contributed by atoms with Gasteiger partial charge in [-0.2, -0.15) is 0 Å². The Bertz CT molecular complexity index is 1150. The van der Waals surface area contributed by atoms with Gasteiger partial charge in [0.25, 0.3) is 0 Å². The minimum atomic E-state index is -3.01. The van der Waals surface area contributed by atoms with Gasteiger partial charge in [-0.1, -0.05) is 60.7 Å². The number of sulfone groups is 1. The molecular weight excluding hydrogens is 412 g/mol. The molecule has 0 spiro atoms. The van der Waals surface area contributed by atoms with Crippen molar-refractivity contribution in [3.63, 3.8) is 0 Å². The molecule has 1 saturated heterocycles. The van der Waals surface area contributed by atoms with Gasteiger partial charge in [-0.05, 0) is 11.6 Å². The summed E-state index contributed by atoms with van der Waals surface area (Å²) >= 11 is 0. The molecule has 2 aromatic carbocycles. The van der Waals surface area contributed by atoms with Crippen molar-refractivity contribution in [2.75, 3.05) is 24.6 Å². The Morgan fingerprint density at radius 2 is 1.61 bits per heavy atom. The highest BCUT2D eigenvalue weighted by Gasteiger charge is 2.25. The molecule has 1 aromatic heterocycles. The number of hydrogen-bond donors (Lipinski definition) is 0. The van der Waals surface area contributed by atoms with Gasteiger partial charge in [-0.15, -0.1) is 0 Å². The first-order chi connectivity index (χ1) is 15.0. The molecule has 0 saturated carbocycles. The Kier molecular flexibility index (Phi) is 6.32. The third-order valence-electron chi connectivity index (χ3n) is 5.24. The predicted octanol–water partition coefficient (Wildman–Crippen LogP) is 3.70. The van der Waals surface area contributed by atoms with Crippen LogP contribution in [0.1, 0.15) is 23.6 Å². The van der Waals surface area contributed by atoms with E-state index >= 15 is 0 Å². The summed E-state index contributed by atoms with van der Waals surface area (Å²) in [7, 11) is -3.01. The van der Waals surface area contributed by atoms with Gasteiger partial charge >= 0.3 is 0 Å². The first kappa shape index (κ1) is 21.1. The molecule has 1 aliphatic heterocycles. The third-order valence-corrected chi connectivity index (χ3v) is 6.85. The topological polar surface area (TPSA) is 80.5 Å². The zero-order chi connectivity index (χ0) is 21.7. The van der Waals surface area contributed by atoms with Crippen molar-refractivity contribution in [1.29, 1.82) is 0 Å². The SMILES string of the molecule is O=C(CCc1oc(C=Cc2ccccc2)nc1-c1ccccc1)N1CCS(=O)(=O)CC1. The van der Waals surface area contributed by atoms with E-state index in [1.807, 2.05) is 72.8 Å². The van der Waals surface area contributed by atoms with Gasteiger partial charge in [-0.25, -0.2) is 13.4 Å². The van der Waals surface area contributed by atoms with E-state index < -0.39 is 9.84 Å². The maximum atomic E-state index is 12.6. The summed E-state index contributed by atoms with van der Waals surface area (Å²) in [4.78, 5) is 18.9. The monoisotopic (exact) mass is 436 g/mol. The Labute approximate surface area is 182 Å². The Balaban J connectivity index is 1.51. The molecule has 0 unspecified atom stereocenters. The highest BCUT2D eigenvalue weighted by Crippen LogP contribution is 2.26. The quantitative estimate of drug-likeness (QED) is 0.589. The lowest BCUT2D eigenvalue weighted by Gasteiger charge is -2.26. The van der Waals surface area contributed by atoms with Crippen molar-refractivity contribution < 1.29 is 17.6 Å². The van der Waals surface area contributed by atoms with E-state index in [1.165, 1.54) is 0 Å². The van der Waals surface area contributed by atoms with Crippen molar-refractivity contribution in [2.24, 2.45) is 0 Å². The number of carbonyl (C=O) groups is 1. The fourth-order valence-electron chi connectivity index (χ4n) is 3.50. The van der Waals surface area contributed by atoms with Gasteiger partial charge in [-0.3, -0.25) is 4.79 Å². The maximum Gasteiger partial charge on any atom is 0.223 e. The van der Waals surface area contributed by atoms with Crippen molar-refractivity contribution in [1.82, 2.24) is 9.88 Å². The van der Waals surface area contributed by atoms with Gasteiger partial charge in [0, 0.05) is 37.6 Å². The molecule has 0 atom stereocenters. The second kappa shape index (κ2) is 9.31. The van der Waals surface area contributed by atoms with Gasteiger partial charge in [0.1, 0.15) is 11.5 Å². The molecule has 4 rings (SSSR count). The van der Waals surface area contributed by atoms with E-state index in [-0.39, 0.29) is 36.9 Å². The molecule has 2 heterocycles. The van der Waals surface area contributed by atoms with Gasteiger partial charge in [0.2, 0.25) is 11.8 Å². The van der Waals surface area contributed by atoms with Crippen LogP contribution in [0.15, 0.2) is 65.1 Å². The smallest absolute Gasteiger partial charge is 0.223 e. The molecule has 31 heavy (non-hydrogen) atoms. The van der Waals surface area contributed by atoms with Crippen LogP contribution in [0.5, 0.6) is 0 Å². The van der Waals surface area contributed by atoms with E-state index in [0.29, 0.717) is 18.1 Å². The van der Waals surface area contributed by atoms with Crippen molar-refractivity contribution >= 4 is 27.9 Å². The lowest BCUT2D eigenvalue weighted by Crippen LogP contribution is -2.43. The van der Waals surface area contributed by atoms with Crippen LogP contribution >= 0.6 is 0 Å². The lowest BCUT2D eigenvalue weighted by atomic mass is 10.1. The summed E-state index contributed by atoms with van der Waals surface area (Å²) in [5.41, 5.74) is 2.69. The molecule has 6 nitrogen and oxygen atoms in total. The molecule has 1 aliphatic rings. The lowest BCUT2D eigenvalue weighted by molar-refractivity contribution is -0.130. The zero-order valence-electron chi connectivity index (χ0n) is 17.1. The first-order valence-corrected chi connectivity index (χ1v) is 12.1. The summed E-state index contributed by atoms with van der Waals surface area (Å²) in [6.07, 6.45) is 4.40. The van der Waals surface area contributed by atoms with Crippen LogP contribution in [-0.4, -0.2) is 48.8 Å². The standard InChI is InChI=1S/C24H24N2O4S/c27-23(26-15-17-31(28,29)18-16-26)14-12-21-24(20-9-5-2-6-10-20)25-22(30-21)13-11-19-7-3-1-4-8-19/h1-11,13H,12,14-18H2. The molecule has 7 heteroatoms. The average Bonchev–Trinajstić information content (AvgIpc) is 3.20. The maximum absolute atomic E-state index is 12.6.